The first-order chi connectivity index (χ1) is 9.66. The fraction of sp³-hybridized carbons (Fsp3) is 0.231. The first-order valence-corrected chi connectivity index (χ1v) is 6.79. The molecule has 1 aromatic heterocycles. The fourth-order valence-corrected chi connectivity index (χ4v) is 2.45. The molecule has 20 heavy (non-hydrogen) atoms. The van der Waals surface area contributed by atoms with E-state index >= 15 is 0 Å². The van der Waals surface area contributed by atoms with Gasteiger partial charge in [0, 0.05) is 19.2 Å². The number of aromatic nitrogens is 2. The third-order valence-corrected chi connectivity index (χ3v) is 3.79. The Kier molecular flexibility index (Phi) is 3.35. The monoisotopic (exact) mass is 337 g/mol. The van der Waals surface area contributed by atoms with Gasteiger partial charge >= 0.3 is 0 Å². The number of benzene rings is 1. The molecule has 6 nitrogen and oxygen atoms in total. The zero-order chi connectivity index (χ0) is 14.1. The van der Waals surface area contributed by atoms with Crippen molar-refractivity contribution < 1.29 is 9.47 Å². The van der Waals surface area contributed by atoms with Gasteiger partial charge in [-0.05, 0) is 22.0 Å². The Morgan fingerprint density at radius 3 is 3.15 bits per heavy atom. The van der Waals surface area contributed by atoms with E-state index < -0.39 is 0 Å². The Morgan fingerprint density at radius 1 is 1.45 bits per heavy atom. The minimum absolute atomic E-state index is 0.187. The number of hydrogen-bond donors (Lipinski definition) is 1. The molecule has 0 aliphatic carbocycles. The van der Waals surface area contributed by atoms with Crippen molar-refractivity contribution in [3.8, 4) is 11.5 Å². The Bertz CT molecular complexity index is 714. The number of para-hydroxylation sites is 1. The lowest BCUT2D eigenvalue weighted by Crippen LogP contribution is -2.21. The summed E-state index contributed by atoms with van der Waals surface area (Å²) in [6.45, 7) is 0.753. The molecule has 2 aromatic rings. The van der Waals surface area contributed by atoms with Gasteiger partial charge in [-0.15, -0.1) is 0 Å². The van der Waals surface area contributed by atoms with Crippen molar-refractivity contribution in [1.82, 2.24) is 9.78 Å². The highest BCUT2D eigenvalue weighted by Crippen LogP contribution is 2.35. The second kappa shape index (κ2) is 5.16. The molecule has 1 aliphatic heterocycles. The van der Waals surface area contributed by atoms with E-state index in [2.05, 4.69) is 26.3 Å². The highest BCUT2D eigenvalue weighted by Gasteiger charge is 2.17. The number of ether oxygens (including phenoxy) is 2. The van der Waals surface area contributed by atoms with Crippen LogP contribution >= 0.6 is 15.9 Å². The maximum absolute atomic E-state index is 11.8. The lowest BCUT2D eigenvalue weighted by atomic mass is 10.2. The van der Waals surface area contributed by atoms with Gasteiger partial charge in [0.1, 0.15) is 4.47 Å². The Labute approximate surface area is 123 Å². The maximum atomic E-state index is 11.8. The molecule has 0 atom stereocenters. The van der Waals surface area contributed by atoms with E-state index in [0.29, 0.717) is 16.7 Å². The van der Waals surface area contributed by atoms with Gasteiger partial charge in [-0.2, -0.15) is 5.10 Å². The summed E-state index contributed by atoms with van der Waals surface area (Å²) in [5.74, 6) is 1.48. The van der Waals surface area contributed by atoms with Crippen LogP contribution < -0.4 is 20.3 Å². The van der Waals surface area contributed by atoms with Crippen molar-refractivity contribution in [2.45, 2.75) is 6.54 Å². The number of fused-ring (bicyclic) bond motifs is 1. The van der Waals surface area contributed by atoms with Crippen LogP contribution in [0.25, 0.3) is 0 Å². The van der Waals surface area contributed by atoms with Crippen LogP contribution in [0.1, 0.15) is 5.56 Å². The van der Waals surface area contributed by atoms with E-state index in [9.17, 15) is 4.79 Å². The molecule has 0 spiro atoms. The molecule has 1 aliphatic rings. The number of rotatable bonds is 3. The molecule has 0 fully saturated rings. The van der Waals surface area contributed by atoms with Crippen molar-refractivity contribution in [2.75, 3.05) is 12.1 Å². The third-order valence-electron chi connectivity index (χ3n) is 3.03. The van der Waals surface area contributed by atoms with Crippen LogP contribution in [0.4, 0.5) is 5.69 Å². The number of aryl methyl sites for hydroxylation is 1. The summed E-state index contributed by atoms with van der Waals surface area (Å²) >= 11 is 3.28. The minimum atomic E-state index is -0.187. The van der Waals surface area contributed by atoms with Crippen molar-refractivity contribution in [1.29, 1.82) is 0 Å². The topological polar surface area (TPSA) is 65.4 Å². The first kappa shape index (κ1) is 13.0. The SMILES string of the molecule is Cn1ncc(NCc2cccc3c2OCO3)c(Br)c1=O. The number of hydrogen-bond acceptors (Lipinski definition) is 5. The molecule has 0 radical (unpaired) electrons. The summed E-state index contributed by atoms with van der Waals surface area (Å²) in [5, 5.41) is 7.15. The van der Waals surface area contributed by atoms with Gasteiger partial charge in [0.25, 0.3) is 5.56 Å². The molecule has 3 rings (SSSR count). The summed E-state index contributed by atoms with van der Waals surface area (Å²) in [7, 11) is 1.60. The van der Waals surface area contributed by atoms with E-state index in [0.717, 1.165) is 17.1 Å². The molecule has 1 N–H and O–H groups in total. The fourth-order valence-electron chi connectivity index (χ4n) is 1.95. The molecular formula is C13H12BrN3O3. The van der Waals surface area contributed by atoms with Gasteiger partial charge in [0.05, 0.1) is 11.9 Å². The number of halogens is 1. The van der Waals surface area contributed by atoms with Crippen LogP contribution in [0, 0.1) is 0 Å². The first-order valence-electron chi connectivity index (χ1n) is 6.00. The van der Waals surface area contributed by atoms with Gasteiger partial charge in [0.2, 0.25) is 6.79 Å². The van der Waals surface area contributed by atoms with Gasteiger partial charge in [-0.25, -0.2) is 4.68 Å². The largest absolute Gasteiger partial charge is 0.454 e. The van der Waals surface area contributed by atoms with Crippen LogP contribution in [-0.4, -0.2) is 16.6 Å². The van der Waals surface area contributed by atoms with Crippen LogP contribution in [0.3, 0.4) is 0 Å². The van der Waals surface area contributed by atoms with E-state index in [4.69, 9.17) is 9.47 Å². The molecule has 7 heteroatoms. The van der Waals surface area contributed by atoms with E-state index in [1.54, 1.807) is 13.2 Å². The average molecular weight is 338 g/mol. The normalized spacial score (nSPS) is 12.5. The van der Waals surface area contributed by atoms with Crippen LogP contribution in [0.15, 0.2) is 33.7 Å². The molecule has 1 aromatic carbocycles. The molecule has 0 amide bonds. The average Bonchev–Trinajstić information content (AvgIpc) is 2.93. The molecule has 0 saturated heterocycles. The predicted molar refractivity (Wildman–Crippen MR) is 77.1 cm³/mol. The zero-order valence-corrected chi connectivity index (χ0v) is 12.3. The smallest absolute Gasteiger partial charge is 0.282 e. The predicted octanol–water partition coefficient (Wildman–Crippen LogP) is 1.88. The summed E-state index contributed by atoms with van der Waals surface area (Å²) in [6, 6.07) is 5.71. The summed E-state index contributed by atoms with van der Waals surface area (Å²) in [4.78, 5) is 11.8. The Morgan fingerprint density at radius 2 is 2.30 bits per heavy atom. The van der Waals surface area contributed by atoms with Crippen molar-refractivity contribution in [3.05, 3.63) is 44.8 Å². The molecule has 0 bridgehead atoms. The standard InChI is InChI=1S/C13H12BrN3O3/c1-17-13(18)11(14)9(6-16-17)15-5-8-3-2-4-10-12(8)20-7-19-10/h2-4,6,15H,5,7H2,1H3. The highest BCUT2D eigenvalue weighted by molar-refractivity contribution is 9.10. The molecule has 0 unspecified atom stereocenters. The van der Waals surface area contributed by atoms with E-state index in [-0.39, 0.29) is 12.4 Å². The maximum Gasteiger partial charge on any atom is 0.282 e. The second-order valence-electron chi connectivity index (χ2n) is 4.31. The highest BCUT2D eigenvalue weighted by atomic mass is 79.9. The lowest BCUT2D eigenvalue weighted by Gasteiger charge is -2.10. The number of anilines is 1. The van der Waals surface area contributed by atoms with E-state index in [1.807, 2.05) is 18.2 Å². The van der Waals surface area contributed by atoms with E-state index in [1.165, 1.54) is 4.68 Å². The third kappa shape index (κ3) is 2.24. The number of nitrogens with one attached hydrogen (secondary N) is 1. The van der Waals surface area contributed by atoms with Crippen molar-refractivity contribution in [3.63, 3.8) is 0 Å². The Balaban J connectivity index is 1.83. The van der Waals surface area contributed by atoms with Crippen molar-refractivity contribution >= 4 is 21.6 Å². The van der Waals surface area contributed by atoms with Gasteiger partial charge in [0.15, 0.2) is 11.5 Å². The molecule has 0 saturated carbocycles. The minimum Gasteiger partial charge on any atom is -0.454 e. The van der Waals surface area contributed by atoms with Crippen molar-refractivity contribution in [2.24, 2.45) is 7.05 Å². The Hall–Kier alpha value is -2.02. The van der Waals surface area contributed by atoms with Gasteiger partial charge in [-0.3, -0.25) is 4.79 Å². The number of nitrogens with zero attached hydrogens (tertiary/aromatic N) is 2. The van der Waals surface area contributed by atoms with Gasteiger partial charge < -0.3 is 14.8 Å². The summed E-state index contributed by atoms with van der Waals surface area (Å²) < 4.78 is 12.5. The summed E-state index contributed by atoms with van der Waals surface area (Å²) in [5.41, 5.74) is 1.42. The second-order valence-corrected chi connectivity index (χ2v) is 5.10. The summed E-state index contributed by atoms with van der Waals surface area (Å²) in [6.07, 6.45) is 1.60. The zero-order valence-electron chi connectivity index (χ0n) is 10.7. The molecule has 2 heterocycles. The quantitative estimate of drug-likeness (QED) is 0.926. The van der Waals surface area contributed by atoms with Crippen LogP contribution in [-0.2, 0) is 13.6 Å². The van der Waals surface area contributed by atoms with Gasteiger partial charge in [-0.1, -0.05) is 12.1 Å². The molecular weight excluding hydrogens is 326 g/mol. The lowest BCUT2D eigenvalue weighted by molar-refractivity contribution is 0.173. The van der Waals surface area contributed by atoms with Crippen LogP contribution in [0.2, 0.25) is 0 Å². The van der Waals surface area contributed by atoms with Crippen LogP contribution in [0.5, 0.6) is 11.5 Å². The molecule has 104 valence electrons.